The van der Waals surface area contributed by atoms with Gasteiger partial charge in [-0.25, -0.2) is 14.8 Å². The fraction of sp³-hybridized carbons (Fsp3) is 0.611. The summed E-state index contributed by atoms with van der Waals surface area (Å²) in [6.07, 6.45) is 6.18. The van der Waals surface area contributed by atoms with E-state index in [1.54, 1.807) is 11.9 Å². The summed E-state index contributed by atoms with van der Waals surface area (Å²) in [6.45, 7) is 8.31. The molecule has 0 saturated carbocycles. The molecule has 7 nitrogen and oxygen atoms in total. The van der Waals surface area contributed by atoms with E-state index in [9.17, 15) is 4.79 Å². The molecule has 0 bridgehead atoms. The van der Waals surface area contributed by atoms with Crippen LogP contribution < -0.4 is 5.32 Å². The number of aromatic amines is 1. The zero-order valence-corrected chi connectivity index (χ0v) is 15.8. The number of hydrogen-bond donors (Lipinski definition) is 2. The summed E-state index contributed by atoms with van der Waals surface area (Å²) in [5.41, 5.74) is 0.300. The van der Waals surface area contributed by atoms with Gasteiger partial charge >= 0.3 is 6.09 Å². The van der Waals surface area contributed by atoms with Gasteiger partial charge in [-0.05, 0) is 33.3 Å². The SMILES string of the molecule is CCCCC(CN(C)C(=O)OC(C)(C)C)Nc1ncnc2[nH]ccc12. The van der Waals surface area contributed by atoms with E-state index in [-0.39, 0.29) is 12.1 Å². The Morgan fingerprint density at radius 1 is 1.40 bits per heavy atom. The Bertz CT molecular complexity index is 692. The average molecular weight is 347 g/mol. The van der Waals surface area contributed by atoms with Crippen LogP contribution in [0.2, 0.25) is 0 Å². The van der Waals surface area contributed by atoms with Gasteiger partial charge in [0.25, 0.3) is 0 Å². The minimum absolute atomic E-state index is 0.0884. The zero-order chi connectivity index (χ0) is 18.4. The number of carbonyl (C=O) groups is 1. The molecule has 0 aromatic carbocycles. The lowest BCUT2D eigenvalue weighted by Crippen LogP contribution is -2.41. The third kappa shape index (κ3) is 5.62. The van der Waals surface area contributed by atoms with Crippen molar-refractivity contribution in [3.8, 4) is 0 Å². The van der Waals surface area contributed by atoms with E-state index in [1.165, 1.54) is 6.33 Å². The van der Waals surface area contributed by atoms with Gasteiger partial charge in [0.1, 0.15) is 23.4 Å². The van der Waals surface area contributed by atoms with Crippen molar-refractivity contribution in [2.75, 3.05) is 18.9 Å². The summed E-state index contributed by atoms with van der Waals surface area (Å²) in [5, 5.41) is 4.42. The largest absolute Gasteiger partial charge is 0.444 e. The van der Waals surface area contributed by atoms with Crippen molar-refractivity contribution in [2.24, 2.45) is 0 Å². The first-order valence-electron chi connectivity index (χ1n) is 8.79. The maximum Gasteiger partial charge on any atom is 0.410 e. The predicted molar refractivity (Wildman–Crippen MR) is 99.7 cm³/mol. The number of aromatic nitrogens is 3. The van der Waals surface area contributed by atoms with E-state index in [4.69, 9.17) is 4.74 Å². The van der Waals surface area contributed by atoms with E-state index in [2.05, 4.69) is 27.2 Å². The number of H-pyrrole nitrogens is 1. The predicted octanol–water partition coefficient (Wildman–Crippen LogP) is 3.80. The van der Waals surface area contributed by atoms with Crippen LogP contribution in [0.5, 0.6) is 0 Å². The standard InChI is InChI=1S/C18H29N5O2/c1-6-7-8-13(11-23(5)17(24)25-18(2,3)4)22-16-14-9-10-19-15(14)20-12-21-16/h9-10,12-13H,6-8,11H2,1-5H3,(H2,19,20,21,22). The number of fused-ring (bicyclic) bond motifs is 1. The first-order valence-corrected chi connectivity index (χ1v) is 8.79. The molecule has 1 unspecified atom stereocenters. The molecule has 138 valence electrons. The van der Waals surface area contributed by atoms with Gasteiger partial charge in [-0.2, -0.15) is 0 Å². The summed E-state index contributed by atoms with van der Waals surface area (Å²) in [7, 11) is 1.76. The second-order valence-corrected chi connectivity index (χ2v) is 7.31. The molecule has 2 rings (SSSR count). The fourth-order valence-electron chi connectivity index (χ4n) is 2.59. The van der Waals surface area contributed by atoms with E-state index < -0.39 is 5.60 Å². The number of carbonyl (C=O) groups excluding carboxylic acids is 1. The smallest absolute Gasteiger partial charge is 0.410 e. The minimum atomic E-state index is -0.498. The summed E-state index contributed by atoms with van der Waals surface area (Å²) < 4.78 is 5.44. The summed E-state index contributed by atoms with van der Waals surface area (Å²) in [4.78, 5) is 25.5. The molecule has 0 fully saturated rings. The molecule has 1 amide bonds. The monoisotopic (exact) mass is 347 g/mol. The number of rotatable bonds is 7. The van der Waals surface area contributed by atoms with Gasteiger partial charge in [0, 0.05) is 25.8 Å². The topological polar surface area (TPSA) is 83.1 Å². The number of anilines is 1. The first-order chi connectivity index (χ1) is 11.8. The third-order valence-corrected chi connectivity index (χ3v) is 3.80. The van der Waals surface area contributed by atoms with Crippen LogP contribution in [0.25, 0.3) is 11.0 Å². The Balaban J connectivity index is 2.08. The van der Waals surface area contributed by atoms with Gasteiger partial charge < -0.3 is 19.9 Å². The maximum atomic E-state index is 12.2. The van der Waals surface area contributed by atoms with Crippen molar-refractivity contribution >= 4 is 22.9 Å². The summed E-state index contributed by atoms with van der Waals surface area (Å²) in [6, 6.07) is 2.04. The Kier molecular flexibility index (Phi) is 6.22. The van der Waals surface area contributed by atoms with Crippen LogP contribution in [0.3, 0.4) is 0 Å². The van der Waals surface area contributed by atoms with Crippen molar-refractivity contribution in [3.05, 3.63) is 18.6 Å². The lowest BCUT2D eigenvalue weighted by molar-refractivity contribution is 0.0291. The fourth-order valence-corrected chi connectivity index (χ4v) is 2.59. The lowest BCUT2D eigenvalue weighted by Gasteiger charge is -2.28. The molecule has 1 atom stereocenters. The number of amides is 1. The zero-order valence-electron chi connectivity index (χ0n) is 15.8. The van der Waals surface area contributed by atoms with Gasteiger partial charge in [0.05, 0.1) is 5.39 Å². The molecule has 25 heavy (non-hydrogen) atoms. The highest BCUT2D eigenvalue weighted by atomic mass is 16.6. The molecule has 0 spiro atoms. The Hall–Kier alpha value is -2.31. The lowest BCUT2D eigenvalue weighted by atomic mass is 10.1. The Morgan fingerprint density at radius 2 is 2.16 bits per heavy atom. The van der Waals surface area contributed by atoms with Crippen molar-refractivity contribution in [2.45, 2.75) is 58.6 Å². The highest BCUT2D eigenvalue weighted by molar-refractivity contribution is 5.86. The molecule has 0 radical (unpaired) electrons. The van der Waals surface area contributed by atoms with Gasteiger partial charge in [0.2, 0.25) is 0 Å². The molecule has 0 aliphatic rings. The van der Waals surface area contributed by atoms with Gasteiger partial charge in [-0.1, -0.05) is 19.8 Å². The molecular formula is C18H29N5O2. The molecule has 2 aromatic heterocycles. The molecule has 0 aliphatic heterocycles. The van der Waals surface area contributed by atoms with E-state index >= 15 is 0 Å². The number of ether oxygens (including phenoxy) is 1. The molecule has 2 aromatic rings. The highest BCUT2D eigenvalue weighted by Crippen LogP contribution is 2.20. The number of nitrogens with one attached hydrogen (secondary N) is 2. The summed E-state index contributed by atoms with van der Waals surface area (Å²) in [5.74, 6) is 0.782. The number of likely N-dealkylation sites (N-methyl/N-ethyl adjacent to an activating group) is 1. The molecule has 7 heteroatoms. The van der Waals surface area contributed by atoms with Crippen molar-refractivity contribution in [1.29, 1.82) is 0 Å². The molecule has 2 N–H and O–H groups in total. The summed E-state index contributed by atoms with van der Waals surface area (Å²) >= 11 is 0. The number of unbranched alkanes of at least 4 members (excludes halogenated alkanes) is 1. The molecule has 2 heterocycles. The van der Waals surface area contributed by atoms with Crippen molar-refractivity contribution in [1.82, 2.24) is 19.9 Å². The van der Waals surface area contributed by atoms with Gasteiger partial charge in [-0.3, -0.25) is 0 Å². The maximum absolute atomic E-state index is 12.2. The molecule has 0 aliphatic carbocycles. The molecular weight excluding hydrogens is 318 g/mol. The number of nitrogens with zero attached hydrogens (tertiary/aromatic N) is 3. The van der Waals surface area contributed by atoms with Gasteiger partial charge in [-0.15, -0.1) is 0 Å². The number of hydrogen-bond acceptors (Lipinski definition) is 5. The van der Waals surface area contributed by atoms with Crippen LogP contribution in [0, 0.1) is 0 Å². The van der Waals surface area contributed by atoms with E-state index in [0.29, 0.717) is 6.54 Å². The average Bonchev–Trinajstić information content (AvgIpc) is 3.00. The first kappa shape index (κ1) is 19.0. The normalized spacial score (nSPS) is 12.8. The quantitative estimate of drug-likeness (QED) is 0.796. The van der Waals surface area contributed by atoms with Crippen LogP contribution in [0.15, 0.2) is 18.6 Å². The van der Waals surface area contributed by atoms with Crippen molar-refractivity contribution in [3.63, 3.8) is 0 Å². The third-order valence-electron chi connectivity index (χ3n) is 3.80. The van der Waals surface area contributed by atoms with Crippen LogP contribution in [0.1, 0.15) is 47.0 Å². The second-order valence-electron chi connectivity index (χ2n) is 7.31. The second kappa shape index (κ2) is 8.18. The Labute approximate surface area is 149 Å². The van der Waals surface area contributed by atoms with Crippen LogP contribution in [-0.4, -0.2) is 51.2 Å². The van der Waals surface area contributed by atoms with Crippen LogP contribution >= 0.6 is 0 Å². The van der Waals surface area contributed by atoms with E-state index in [1.807, 2.05) is 33.0 Å². The minimum Gasteiger partial charge on any atom is -0.444 e. The van der Waals surface area contributed by atoms with Gasteiger partial charge in [0.15, 0.2) is 0 Å². The molecule has 0 saturated heterocycles. The highest BCUT2D eigenvalue weighted by Gasteiger charge is 2.22. The van der Waals surface area contributed by atoms with Crippen LogP contribution in [0.4, 0.5) is 10.6 Å². The van der Waals surface area contributed by atoms with Crippen LogP contribution in [-0.2, 0) is 4.74 Å². The Morgan fingerprint density at radius 3 is 2.84 bits per heavy atom. The van der Waals surface area contributed by atoms with Crippen molar-refractivity contribution < 1.29 is 9.53 Å². The van der Waals surface area contributed by atoms with E-state index in [0.717, 1.165) is 36.1 Å².